The summed E-state index contributed by atoms with van der Waals surface area (Å²) in [7, 11) is 2.99. The van der Waals surface area contributed by atoms with E-state index in [1.165, 1.54) is 20.5 Å². The summed E-state index contributed by atoms with van der Waals surface area (Å²) in [4.78, 5) is 13.4. The molecule has 5 rings (SSSR count). The monoisotopic (exact) mass is 368 g/mol. The van der Waals surface area contributed by atoms with E-state index >= 15 is 0 Å². The van der Waals surface area contributed by atoms with Crippen molar-refractivity contribution >= 4 is 16.8 Å². The first-order valence-corrected chi connectivity index (χ1v) is 8.41. The highest BCUT2D eigenvalue weighted by atomic mass is 16.6. The van der Waals surface area contributed by atoms with Crippen LogP contribution in [0.4, 0.5) is 0 Å². The maximum absolute atomic E-state index is 13.4. The van der Waals surface area contributed by atoms with Crippen LogP contribution in [-0.2, 0) is 5.60 Å². The standard InChI is InChI=1S/C20H16O7/c1-23-15-7-12-14(8-16(15)24-2)26-9-17-20(12,22)19(21)11-3-4-13-10(5-6-25-13)18(11)27-17/h3-8,17,22H,9H2,1-2H3/t17-,20+/m0/s1. The van der Waals surface area contributed by atoms with Crippen molar-refractivity contribution in [2.24, 2.45) is 0 Å². The van der Waals surface area contributed by atoms with Crippen LogP contribution < -0.4 is 18.9 Å². The minimum atomic E-state index is -1.89. The summed E-state index contributed by atoms with van der Waals surface area (Å²) in [5.74, 6) is 1.14. The van der Waals surface area contributed by atoms with Gasteiger partial charge in [0.1, 0.15) is 23.7 Å². The van der Waals surface area contributed by atoms with Crippen molar-refractivity contribution < 1.29 is 33.3 Å². The Kier molecular flexibility index (Phi) is 3.21. The number of rotatable bonds is 2. The molecule has 0 spiro atoms. The zero-order valence-corrected chi connectivity index (χ0v) is 14.6. The predicted molar refractivity (Wildman–Crippen MR) is 93.9 cm³/mol. The first kappa shape index (κ1) is 16.0. The van der Waals surface area contributed by atoms with Gasteiger partial charge in [-0.3, -0.25) is 4.79 Å². The van der Waals surface area contributed by atoms with Gasteiger partial charge in [-0.1, -0.05) is 0 Å². The number of methoxy groups -OCH3 is 2. The first-order valence-electron chi connectivity index (χ1n) is 8.41. The highest BCUT2D eigenvalue weighted by molar-refractivity contribution is 6.10. The summed E-state index contributed by atoms with van der Waals surface area (Å²) < 4.78 is 27.8. The van der Waals surface area contributed by atoms with Crippen LogP contribution >= 0.6 is 0 Å². The van der Waals surface area contributed by atoms with Gasteiger partial charge in [0.05, 0.1) is 31.4 Å². The van der Waals surface area contributed by atoms with Crippen molar-refractivity contribution in [3.05, 3.63) is 47.7 Å². The van der Waals surface area contributed by atoms with E-state index in [0.717, 1.165) is 0 Å². The zero-order valence-electron chi connectivity index (χ0n) is 14.6. The van der Waals surface area contributed by atoms with Crippen LogP contribution in [0.15, 0.2) is 41.0 Å². The molecule has 27 heavy (non-hydrogen) atoms. The second-order valence-electron chi connectivity index (χ2n) is 6.49. The van der Waals surface area contributed by atoms with Gasteiger partial charge in [-0.15, -0.1) is 0 Å². The van der Waals surface area contributed by atoms with Crippen molar-refractivity contribution in [2.45, 2.75) is 11.7 Å². The van der Waals surface area contributed by atoms with Gasteiger partial charge in [0.2, 0.25) is 5.78 Å². The molecule has 0 radical (unpaired) electrons. The number of ether oxygens (including phenoxy) is 4. The van der Waals surface area contributed by atoms with Crippen LogP contribution in [0.25, 0.3) is 11.0 Å². The zero-order chi connectivity index (χ0) is 18.8. The third-order valence-corrected chi connectivity index (χ3v) is 5.19. The van der Waals surface area contributed by atoms with E-state index in [1.807, 2.05) is 0 Å². The normalized spacial score (nSPS) is 22.9. The van der Waals surface area contributed by atoms with Gasteiger partial charge in [0, 0.05) is 11.6 Å². The van der Waals surface area contributed by atoms with E-state index in [0.29, 0.717) is 45.1 Å². The lowest BCUT2D eigenvalue weighted by molar-refractivity contribution is -0.0793. The molecule has 0 fully saturated rings. The summed E-state index contributed by atoms with van der Waals surface area (Å²) in [5.41, 5.74) is -0.697. The molecular formula is C20H16O7. The molecule has 0 unspecified atom stereocenters. The molecule has 2 atom stereocenters. The van der Waals surface area contributed by atoms with Crippen LogP contribution in [0.5, 0.6) is 23.0 Å². The lowest BCUT2D eigenvalue weighted by atomic mass is 9.77. The molecule has 138 valence electrons. The molecule has 3 aromatic rings. The Morgan fingerprint density at radius 2 is 1.93 bits per heavy atom. The Morgan fingerprint density at radius 1 is 1.15 bits per heavy atom. The van der Waals surface area contributed by atoms with Gasteiger partial charge in [-0.25, -0.2) is 0 Å². The number of benzene rings is 2. The van der Waals surface area contributed by atoms with Gasteiger partial charge < -0.3 is 28.5 Å². The summed E-state index contributed by atoms with van der Waals surface area (Å²) in [6, 6.07) is 8.19. The van der Waals surface area contributed by atoms with E-state index < -0.39 is 17.5 Å². The van der Waals surface area contributed by atoms with Crippen molar-refractivity contribution in [1.29, 1.82) is 0 Å². The van der Waals surface area contributed by atoms with Crippen molar-refractivity contribution in [2.75, 3.05) is 20.8 Å². The lowest BCUT2D eigenvalue weighted by Crippen LogP contribution is -2.57. The van der Waals surface area contributed by atoms with E-state index in [9.17, 15) is 9.90 Å². The van der Waals surface area contributed by atoms with E-state index in [2.05, 4.69) is 0 Å². The SMILES string of the molecule is COc1cc2c(cc1OC)[C@]1(O)C(=O)c3ccc4occc4c3O[C@H]1CO2. The Morgan fingerprint density at radius 3 is 2.70 bits per heavy atom. The fourth-order valence-corrected chi connectivity index (χ4v) is 3.80. The van der Waals surface area contributed by atoms with E-state index in [4.69, 9.17) is 23.4 Å². The molecule has 1 N–H and O–H groups in total. The van der Waals surface area contributed by atoms with Crippen molar-refractivity contribution in [3.8, 4) is 23.0 Å². The number of furan rings is 1. The Hall–Kier alpha value is -3.19. The number of Topliss-reactive ketones (excluding diaryl/α,β-unsaturated/α-hetero) is 1. The number of carbonyl (C=O) groups excluding carboxylic acids is 1. The van der Waals surface area contributed by atoms with E-state index in [1.54, 1.807) is 30.3 Å². The lowest BCUT2D eigenvalue weighted by Gasteiger charge is -2.43. The van der Waals surface area contributed by atoms with Crippen molar-refractivity contribution in [3.63, 3.8) is 0 Å². The summed E-state index contributed by atoms with van der Waals surface area (Å²) in [6.07, 6.45) is 0.632. The molecule has 0 amide bonds. The summed E-state index contributed by atoms with van der Waals surface area (Å²) in [6.45, 7) is 0.0123. The molecule has 2 aliphatic heterocycles. The summed E-state index contributed by atoms with van der Waals surface area (Å²) in [5, 5.41) is 12.2. The van der Waals surface area contributed by atoms with Crippen LogP contribution in [0.1, 0.15) is 15.9 Å². The van der Waals surface area contributed by atoms with Crippen LogP contribution in [0.3, 0.4) is 0 Å². The molecule has 3 heterocycles. The quantitative estimate of drug-likeness (QED) is 0.744. The molecule has 1 aromatic heterocycles. The van der Waals surface area contributed by atoms with Crippen molar-refractivity contribution in [1.82, 2.24) is 0 Å². The average molecular weight is 368 g/mol. The molecule has 7 nitrogen and oxygen atoms in total. The predicted octanol–water partition coefficient (Wildman–Crippen LogP) is 2.67. The molecule has 0 saturated carbocycles. The number of aliphatic hydroxyl groups is 1. The first-order chi connectivity index (χ1) is 13.1. The van der Waals surface area contributed by atoms with Crippen LogP contribution in [0, 0.1) is 0 Å². The van der Waals surface area contributed by atoms with Gasteiger partial charge >= 0.3 is 0 Å². The number of hydrogen-bond donors (Lipinski definition) is 1. The summed E-state index contributed by atoms with van der Waals surface area (Å²) >= 11 is 0. The van der Waals surface area contributed by atoms with Gasteiger partial charge in [0.15, 0.2) is 23.2 Å². The fraction of sp³-hybridized carbons (Fsp3) is 0.250. The highest BCUT2D eigenvalue weighted by Gasteiger charge is 2.56. The topological polar surface area (TPSA) is 87.4 Å². The minimum Gasteiger partial charge on any atom is -0.493 e. The smallest absolute Gasteiger partial charge is 0.206 e. The Balaban J connectivity index is 1.73. The molecule has 0 bridgehead atoms. The second-order valence-corrected chi connectivity index (χ2v) is 6.49. The Bertz CT molecular complexity index is 1080. The number of hydrogen-bond acceptors (Lipinski definition) is 7. The highest BCUT2D eigenvalue weighted by Crippen LogP contribution is 2.50. The van der Waals surface area contributed by atoms with Gasteiger partial charge in [-0.05, 0) is 24.3 Å². The van der Waals surface area contributed by atoms with Crippen LogP contribution in [0.2, 0.25) is 0 Å². The second kappa shape index (κ2) is 5.40. The van der Waals surface area contributed by atoms with E-state index in [-0.39, 0.29) is 6.61 Å². The number of ketones is 1. The number of carbonyl (C=O) groups is 1. The molecule has 0 aliphatic carbocycles. The fourth-order valence-electron chi connectivity index (χ4n) is 3.80. The molecular weight excluding hydrogens is 352 g/mol. The third-order valence-electron chi connectivity index (χ3n) is 5.19. The third kappa shape index (κ3) is 1.97. The largest absolute Gasteiger partial charge is 0.493 e. The molecule has 0 saturated heterocycles. The minimum absolute atomic E-state index is 0.0123. The molecule has 2 aromatic carbocycles. The number of fused-ring (bicyclic) bond motifs is 6. The van der Waals surface area contributed by atoms with Gasteiger partial charge in [-0.2, -0.15) is 0 Å². The maximum atomic E-state index is 13.4. The van der Waals surface area contributed by atoms with Crippen LogP contribution in [-0.4, -0.2) is 37.8 Å². The molecule has 2 aliphatic rings. The Labute approximate surface area is 154 Å². The van der Waals surface area contributed by atoms with Gasteiger partial charge in [0.25, 0.3) is 0 Å². The maximum Gasteiger partial charge on any atom is 0.206 e. The average Bonchev–Trinajstić information content (AvgIpc) is 3.17. The molecule has 7 heteroatoms.